The number of hydrogen-bond donors (Lipinski definition) is 2. The molecule has 0 aromatic heterocycles. The predicted molar refractivity (Wildman–Crippen MR) is 53.4 cm³/mol. The SMILES string of the molecule is CCCNC(=O)C(N)CCC.Cl. The van der Waals surface area contributed by atoms with Crippen molar-refractivity contribution in [2.24, 2.45) is 5.73 Å². The Labute approximate surface area is 80.5 Å². The molecule has 3 nitrogen and oxygen atoms in total. The van der Waals surface area contributed by atoms with Crippen LogP contribution in [0.3, 0.4) is 0 Å². The molecule has 0 aliphatic carbocycles. The Morgan fingerprint density at radius 1 is 1.42 bits per heavy atom. The van der Waals surface area contributed by atoms with E-state index < -0.39 is 0 Å². The highest BCUT2D eigenvalue weighted by molar-refractivity contribution is 5.85. The third-order valence-electron chi connectivity index (χ3n) is 1.49. The highest BCUT2D eigenvalue weighted by atomic mass is 35.5. The zero-order chi connectivity index (χ0) is 8.69. The average Bonchev–Trinajstić information content (AvgIpc) is 2.00. The van der Waals surface area contributed by atoms with E-state index in [-0.39, 0.29) is 24.4 Å². The maximum atomic E-state index is 11.1. The molecule has 0 aromatic carbocycles. The molecule has 1 atom stereocenters. The van der Waals surface area contributed by atoms with Gasteiger partial charge in [-0.1, -0.05) is 20.3 Å². The molecule has 0 fully saturated rings. The lowest BCUT2D eigenvalue weighted by molar-refractivity contribution is -0.122. The molecule has 4 heteroatoms. The van der Waals surface area contributed by atoms with Gasteiger partial charge in [-0.15, -0.1) is 12.4 Å². The van der Waals surface area contributed by atoms with Crippen molar-refractivity contribution in [3.8, 4) is 0 Å². The summed E-state index contributed by atoms with van der Waals surface area (Å²) in [7, 11) is 0. The van der Waals surface area contributed by atoms with Gasteiger partial charge in [0.05, 0.1) is 6.04 Å². The molecule has 0 aliphatic rings. The fraction of sp³-hybridized carbons (Fsp3) is 0.875. The molecule has 0 heterocycles. The Bertz CT molecular complexity index is 120. The molecule has 1 amide bonds. The van der Waals surface area contributed by atoms with E-state index in [0.29, 0.717) is 0 Å². The summed E-state index contributed by atoms with van der Waals surface area (Å²) in [5.74, 6) is -0.0197. The van der Waals surface area contributed by atoms with Crippen LogP contribution < -0.4 is 11.1 Å². The van der Waals surface area contributed by atoms with Crippen molar-refractivity contribution in [1.82, 2.24) is 5.32 Å². The van der Waals surface area contributed by atoms with Crippen LogP contribution in [-0.4, -0.2) is 18.5 Å². The van der Waals surface area contributed by atoms with E-state index in [1.807, 2.05) is 13.8 Å². The fourth-order valence-corrected chi connectivity index (χ4v) is 0.821. The van der Waals surface area contributed by atoms with Crippen LogP contribution in [0.15, 0.2) is 0 Å². The average molecular weight is 195 g/mol. The van der Waals surface area contributed by atoms with Gasteiger partial charge in [0.1, 0.15) is 0 Å². The van der Waals surface area contributed by atoms with Crippen molar-refractivity contribution in [3.05, 3.63) is 0 Å². The normalized spacial score (nSPS) is 11.6. The van der Waals surface area contributed by atoms with Gasteiger partial charge in [-0.25, -0.2) is 0 Å². The zero-order valence-electron chi connectivity index (χ0n) is 7.80. The lowest BCUT2D eigenvalue weighted by Gasteiger charge is -2.09. The summed E-state index contributed by atoms with van der Waals surface area (Å²) >= 11 is 0. The number of nitrogens with two attached hydrogens (primary N) is 1. The first-order valence-electron chi connectivity index (χ1n) is 4.25. The van der Waals surface area contributed by atoms with Gasteiger partial charge in [0, 0.05) is 6.54 Å². The third kappa shape index (κ3) is 6.43. The molecule has 12 heavy (non-hydrogen) atoms. The second kappa shape index (κ2) is 8.81. The summed E-state index contributed by atoms with van der Waals surface area (Å²) in [6.45, 7) is 4.77. The molecule has 0 saturated heterocycles. The Morgan fingerprint density at radius 2 is 2.00 bits per heavy atom. The van der Waals surface area contributed by atoms with Crippen LogP contribution in [0.2, 0.25) is 0 Å². The summed E-state index contributed by atoms with van der Waals surface area (Å²) in [6, 6.07) is -0.313. The van der Waals surface area contributed by atoms with Crippen LogP contribution in [0.1, 0.15) is 33.1 Å². The molecule has 0 saturated carbocycles. The fourth-order valence-electron chi connectivity index (χ4n) is 0.821. The Kier molecular flexibility index (Phi) is 10.5. The Balaban J connectivity index is 0. The molecule has 3 N–H and O–H groups in total. The molecular formula is C8H19ClN2O. The van der Waals surface area contributed by atoms with E-state index in [2.05, 4.69) is 5.32 Å². The topological polar surface area (TPSA) is 55.1 Å². The quantitative estimate of drug-likeness (QED) is 0.688. The predicted octanol–water partition coefficient (Wildman–Crippen LogP) is 1.06. The van der Waals surface area contributed by atoms with Crippen molar-refractivity contribution in [1.29, 1.82) is 0 Å². The van der Waals surface area contributed by atoms with E-state index in [1.165, 1.54) is 0 Å². The van der Waals surface area contributed by atoms with Crippen LogP contribution in [0.25, 0.3) is 0 Å². The van der Waals surface area contributed by atoms with Crippen LogP contribution in [-0.2, 0) is 4.79 Å². The standard InChI is InChI=1S/C8H18N2O.ClH/c1-3-5-7(9)8(11)10-6-4-2;/h7H,3-6,9H2,1-2H3,(H,10,11);1H. The number of amides is 1. The largest absolute Gasteiger partial charge is 0.355 e. The minimum Gasteiger partial charge on any atom is -0.355 e. The van der Waals surface area contributed by atoms with Crippen molar-refractivity contribution < 1.29 is 4.79 Å². The maximum absolute atomic E-state index is 11.1. The summed E-state index contributed by atoms with van der Waals surface area (Å²) in [4.78, 5) is 11.1. The third-order valence-corrected chi connectivity index (χ3v) is 1.49. The van der Waals surface area contributed by atoms with Crippen LogP contribution in [0.4, 0.5) is 0 Å². The number of halogens is 1. The van der Waals surface area contributed by atoms with Crippen molar-refractivity contribution in [3.63, 3.8) is 0 Å². The molecule has 0 radical (unpaired) electrons. The summed E-state index contributed by atoms with van der Waals surface area (Å²) in [5.41, 5.74) is 5.56. The molecule has 74 valence electrons. The van der Waals surface area contributed by atoms with Gasteiger partial charge in [-0.2, -0.15) is 0 Å². The lowest BCUT2D eigenvalue weighted by Crippen LogP contribution is -2.40. The second-order valence-electron chi connectivity index (χ2n) is 2.69. The van der Waals surface area contributed by atoms with E-state index in [4.69, 9.17) is 5.73 Å². The van der Waals surface area contributed by atoms with Gasteiger partial charge >= 0.3 is 0 Å². The van der Waals surface area contributed by atoms with Crippen LogP contribution in [0, 0.1) is 0 Å². The van der Waals surface area contributed by atoms with Crippen LogP contribution >= 0.6 is 12.4 Å². The molecule has 0 bridgehead atoms. The molecule has 0 rings (SSSR count). The zero-order valence-corrected chi connectivity index (χ0v) is 8.62. The van der Waals surface area contributed by atoms with E-state index in [1.54, 1.807) is 0 Å². The molecule has 0 aliphatic heterocycles. The van der Waals surface area contributed by atoms with Gasteiger partial charge < -0.3 is 11.1 Å². The first kappa shape index (κ1) is 14.3. The number of hydrogen-bond acceptors (Lipinski definition) is 2. The lowest BCUT2D eigenvalue weighted by atomic mass is 10.2. The van der Waals surface area contributed by atoms with Crippen molar-refractivity contribution >= 4 is 18.3 Å². The van der Waals surface area contributed by atoms with E-state index in [9.17, 15) is 4.79 Å². The molecular weight excluding hydrogens is 176 g/mol. The summed E-state index contributed by atoms with van der Waals surface area (Å²) < 4.78 is 0. The van der Waals surface area contributed by atoms with E-state index >= 15 is 0 Å². The van der Waals surface area contributed by atoms with Crippen molar-refractivity contribution in [2.75, 3.05) is 6.54 Å². The van der Waals surface area contributed by atoms with Crippen molar-refractivity contribution in [2.45, 2.75) is 39.2 Å². The summed E-state index contributed by atoms with van der Waals surface area (Å²) in [6.07, 6.45) is 2.70. The smallest absolute Gasteiger partial charge is 0.236 e. The highest BCUT2D eigenvalue weighted by Crippen LogP contribution is 1.92. The monoisotopic (exact) mass is 194 g/mol. The van der Waals surface area contributed by atoms with Crippen LogP contribution in [0.5, 0.6) is 0 Å². The van der Waals surface area contributed by atoms with Gasteiger partial charge in [0.2, 0.25) is 5.91 Å². The molecule has 0 spiro atoms. The Morgan fingerprint density at radius 3 is 2.42 bits per heavy atom. The number of nitrogens with one attached hydrogen (secondary N) is 1. The van der Waals surface area contributed by atoms with Gasteiger partial charge in [-0.3, -0.25) is 4.79 Å². The first-order valence-corrected chi connectivity index (χ1v) is 4.25. The molecule has 1 unspecified atom stereocenters. The summed E-state index contributed by atoms with van der Waals surface area (Å²) in [5, 5.41) is 2.75. The first-order chi connectivity index (χ1) is 5.22. The molecule has 0 aromatic rings. The second-order valence-corrected chi connectivity index (χ2v) is 2.69. The van der Waals surface area contributed by atoms with Gasteiger partial charge in [0.15, 0.2) is 0 Å². The van der Waals surface area contributed by atoms with Gasteiger partial charge in [-0.05, 0) is 12.8 Å². The minimum absolute atomic E-state index is 0. The highest BCUT2D eigenvalue weighted by Gasteiger charge is 2.09. The Hall–Kier alpha value is -0.280. The number of carbonyl (C=O) groups is 1. The van der Waals surface area contributed by atoms with E-state index in [0.717, 1.165) is 25.8 Å². The van der Waals surface area contributed by atoms with Gasteiger partial charge in [0.25, 0.3) is 0 Å². The number of rotatable bonds is 5. The number of carbonyl (C=O) groups excluding carboxylic acids is 1. The maximum Gasteiger partial charge on any atom is 0.236 e. The minimum atomic E-state index is -0.313.